The Balaban J connectivity index is 2.02. The average Bonchev–Trinajstić information content (AvgIpc) is 2.64. The van der Waals surface area contributed by atoms with Gasteiger partial charge in [0.05, 0.1) is 6.54 Å². The molecule has 1 aliphatic heterocycles. The van der Waals surface area contributed by atoms with Gasteiger partial charge in [0.15, 0.2) is 5.78 Å². The summed E-state index contributed by atoms with van der Waals surface area (Å²) >= 11 is 0. The number of hydrogen-bond acceptors (Lipinski definition) is 5. The lowest BCUT2D eigenvalue weighted by Crippen LogP contribution is -2.52. The normalized spacial score (nSPS) is 17.0. The summed E-state index contributed by atoms with van der Waals surface area (Å²) in [7, 11) is 4.15. The molecule has 0 unspecified atom stereocenters. The highest BCUT2D eigenvalue weighted by Gasteiger charge is 2.41. The Morgan fingerprint density at radius 2 is 1.65 bits per heavy atom. The van der Waals surface area contributed by atoms with Crippen molar-refractivity contribution >= 4 is 23.7 Å². The minimum atomic E-state index is -1.18. The molecule has 2 aromatic rings. The Labute approximate surface area is 149 Å². The van der Waals surface area contributed by atoms with Crippen molar-refractivity contribution in [2.75, 3.05) is 11.9 Å². The van der Waals surface area contributed by atoms with E-state index in [1.807, 2.05) is 30.3 Å². The van der Waals surface area contributed by atoms with Crippen molar-refractivity contribution in [3.63, 3.8) is 0 Å². The van der Waals surface area contributed by atoms with E-state index >= 15 is 0 Å². The van der Waals surface area contributed by atoms with E-state index in [4.69, 9.17) is 0 Å². The molecule has 1 aliphatic rings. The summed E-state index contributed by atoms with van der Waals surface area (Å²) in [5.74, 6) is -2.33. The van der Waals surface area contributed by atoms with Crippen LogP contribution in [0.1, 0.15) is 15.9 Å². The van der Waals surface area contributed by atoms with Crippen molar-refractivity contribution in [2.24, 2.45) is 25.0 Å². The van der Waals surface area contributed by atoms with E-state index in [1.54, 1.807) is 0 Å². The number of Topliss-reactive ketones (excluding diaryl/α,β-unsaturated/α-hetero) is 1. The van der Waals surface area contributed by atoms with E-state index in [-0.39, 0.29) is 11.4 Å². The number of anilines is 1. The Kier molecular flexibility index (Phi) is 4.41. The molecule has 1 amide bonds. The molecular weight excluding hydrogens is 336 g/mol. The quantitative estimate of drug-likeness (QED) is 0.578. The predicted molar refractivity (Wildman–Crippen MR) is 96.8 cm³/mol. The van der Waals surface area contributed by atoms with Crippen LogP contribution in [0.15, 0.2) is 44.9 Å². The number of amides is 1. The summed E-state index contributed by atoms with van der Waals surface area (Å²) in [5.41, 5.74) is -0.550. The Morgan fingerprint density at radius 3 is 2.31 bits per heavy atom. The van der Waals surface area contributed by atoms with Crippen molar-refractivity contribution in [1.29, 1.82) is 0 Å². The van der Waals surface area contributed by atoms with Crippen LogP contribution in [0.3, 0.4) is 0 Å². The third kappa shape index (κ3) is 2.69. The van der Waals surface area contributed by atoms with Crippen LogP contribution in [0.25, 0.3) is 0 Å². The van der Waals surface area contributed by atoms with Gasteiger partial charge in [-0.25, -0.2) is 4.79 Å². The van der Waals surface area contributed by atoms with Crippen molar-refractivity contribution < 1.29 is 9.59 Å². The van der Waals surface area contributed by atoms with Gasteiger partial charge in [-0.2, -0.15) is 0 Å². The largest absolute Gasteiger partial charge is 0.332 e. The molecule has 0 bridgehead atoms. The maximum Gasteiger partial charge on any atom is 0.332 e. The zero-order valence-corrected chi connectivity index (χ0v) is 14.7. The van der Waals surface area contributed by atoms with E-state index in [0.717, 1.165) is 14.7 Å². The van der Waals surface area contributed by atoms with Crippen molar-refractivity contribution in [2.45, 2.75) is 6.54 Å². The summed E-state index contributed by atoms with van der Waals surface area (Å²) in [6.07, 6.45) is 1.28. The molecule has 26 heavy (non-hydrogen) atoms. The molecule has 0 N–H and O–H groups in total. The highest BCUT2D eigenvalue weighted by molar-refractivity contribution is 6.28. The molecule has 1 aromatic heterocycles. The molecule has 0 saturated carbocycles. The van der Waals surface area contributed by atoms with Gasteiger partial charge in [-0.15, -0.1) is 0 Å². The number of rotatable bonds is 3. The second-order valence-corrected chi connectivity index (χ2v) is 6.12. The molecule has 0 saturated heterocycles. The number of carbonyl (C=O) groups excluding carboxylic acids is 2. The summed E-state index contributed by atoms with van der Waals surface area (Å²) in [5, 5.41) is 0. The monoisotopic (exact) mass is 354 g/mol. The Hall–Kier alpha value is -3.29. The van der Waals surface area contributed by atoms with Crippen LogP contribution in [0.4, 0.5) is 5.82 Å². The number of fused-ring (bicyclic) bond motifs is 1. The molecule has 8 nitrogen and oxygen atoms in total. The molecule has 0 aliphatic carbocycles. The van der Waals surface area contributed by atoms with E-state index in [0.29, 0.717) is 6.54 Å². The lowest BCUT2D eigenvalue weighted by molar-refractivity contribution is -0.119. The molecule has 134 valence electrons. The van der Waals surface area contributed by atoms with E-state index in [1.165, 1.54) is 32.3 Å². The number of ketones is 1. The number of carbonyl (C=O) groups is 2. The van der Waals surface area contributed by atoms with Gasteiger partial charge in [0.1, 0.15) is 17.3 Å². The van der Waals surface area contributed by atoms with E-state index in [2.05, 4.69) is 4.99 Å². The van der Waals surface area contributed by atoms with Crippen LogP contribution < -0.4 is 16.1 Å². The maximum absolute atomic E-state index is 12.8. The van der Waals surface area contributed by atoms with Gasteiger partial charge in [-0.1, -0.05) is 30.3 Å². The van der Waals surface area contributed by atoms with Gasteiger partial charge in [0, 0.05) is 27.4 Å². The molecule has 8 heteroatoms. The second kappa shape index (κ2) is 6.55. The lowest BCUT2D eigenvalue weighted by Gasteiger charge is -2.29. The summed E-state index contributed by atoms with van der Waals surface area (Å²) < 4.78 is 1.99. The second-order valence-electron chi connectivity index (χ2n) is 6.12. The van der Waals surface area contributed by atoms with Crippen molar-refractivity contribution in [3.8, 4) is 0 Å². The first-order chi connectivity index (χ1) is 12.3. The van der Waals surface area contributed by atoms with E-state index < -0.39 is 28.9 Å². The highest BCUT2D eigenvalue weighted by atomic mass is 16.2. The Morgan fingerprint density at radius 1 is 1.00 bits per heavy atom. The average molecular weight is 354 g/mol. The third-order valence-electron chi connectivity index (χ3n) is 4.45. The topological polar surface area (TPSA) is 93.7 Å². The predicted octanol–water partition coefficient (Wildman–Crippen LogP) is 0.130. The fourth-order valence-corrected chi connectivity index (χ4v) is 3.00. The standard InChI is InChI=1S/C18H18N4O4/c1-20-15-13(17(25)22(3)18(26)21(15)2)14(23)12(16(20)24)10-19-9-11-7-5-4-6-8-11/h4-8,10,12H,9H2,1-3H3/t12-/m1/s1. The summed E-state index contributed by atoms with van der Waals surface area (Å²) in [6.45, 7) is 0.319. The van der Waals surface area contributed by atoms with Crippen LogP contribution in [0.5, 0.6) is 0 Å². The molecule has 0 radical (unpaired) electrons. The Bertz CT molecular complexity index is 1030. The van der Waals surface area contributed by atoms with Crippen LogP contribution in [0, 0.1) is 5.92 Å². The first-order valence-corrected chi connectivity index (χ1v) is 8.00. The maximum atomic E-state index is 12.8. The van der Waals surface area contributed by atoms with Gasteiger partial charge >= 0.3 is 5.69 Å². The van der Waals surface area contributed by atoms with Crippen LogP contribution in [0.2, 0.25) is 0 Å². The van der Waals surface area contributed by atoms with Gasteiger partial charge in [0.2, 0.25) is 5.91 Å². The van der Waals surface area contributed by atoms with Crippen molar-refractivity contribution in [1.82, 2.24) is 9.13 Å². The summed E-state index contributed by atoms with van der Waals surface area (Å²) in [4.78, 5) is 55.3. The van der Waals surface area contributed by atoms with E-state index in [9.17, 15) is 19.2 Å². The van der Waals surface area contributed by atoms with Gasteiger partial charge in [-0.3, -0.25) is 33.4 Å². The molecular formula is C18H18N4O4. The molecule has 1 aromatic carbocycles. The lowest BCUT2D eigenvalue weighted by atomic mass is 9.94. The third-order valence-corrected chi connectivity index (χ3v) is 4.45. The molecule has 0 spiro atoms. The zero-order chi connectivity index (χ0) is 19.0. The number of hydrogen-bond donors (Lipinski definition) is 0. The highest BCUT2D eigenvalue weighted by Crippen LogP contribution is 2.25. The smallest absolute Gasteiger partial charge is 0.300 e. The first-order valence-electron chi connectivity index (χ1n) is 8.00. The fraction of sp³-hybridized carbons (Fsp3) is 0.278. The molecule has 3 rings (SSSR count). The number of nitrogens with zero attached hydrogens (tertiary/aromatic N) is 4. The van der Waals surface area contributed by atoms with Gasteiger partial charge in [-0.05, 0) is 5.56 Å². The van der Waals surface area contributed by atoms with Gasteiger partial charge in [0.25, 0.3) is 5.56 Å². The van der Waals surface area contributed by atoms with Crippen LogP contribution in [-0.4, -0.2) is 34.1 Å². The molecule has 1 atom stereocenters. The first kappa shape index (κ1) is 17.5. The van der Waals surface area contributed by atoms with Crippen LogP contribution in [-0.2, 0) is 25.4 Å². The summed E-state index contributed by atoms with van der Waals surface area (Å²) in [6, 6.07) is 9.39. The minimum Gasteiger partial charge on any atom is -0.300 e. The van der Waals surface area contributed by atoms with Crippen molar-refractivity contribution in [3.05, 3.63) is 62.3 Å². The number of aromatic nitrogens is 2. The minimum absolute atomic E-state index is 0.0146. The zero-order valence-electron chi connectivity index (χ0n) is 14.7. The van der Waals surface area contributed by atoms with Crippen LogP contribution >= 0.6 is 0 Å². The number of benzene rings is 1. The number of aliphatic imine (C=N–C) groups is 1. The SMILES string of the molecule is CN1C(=O)[C@H](C=NCc2ccccc2)C(=O)c2c1n(C)c(=O)n(C)c2=O. The molecule has 0 fully saturated rings. The van der Waals surface area contributed by atoms with Gasteiger partial charge < -0.3 is 0 Å². The molecule has 2 heterocycles. The fourth-order valence-electron chi connectivity index (χ4n) is 3.00.